The second-order valence-corrected chi connectivity index (χ2v) is 8.80. The van der Waals surface area contributed by atoms with Gasteiger partial charge in [-0.2, -0.15) is 4.31 Å². The maximum absolute atomic E-state index is 12.5. The zero-order valence-corrected chi connectivity index (χ0v) is 18.3. The number of ether oxygens (including phenoxy) is 1. The quantitative estimate of drug-likeness (QED) is 0.639. The van der Waals surface area contributed by atoms with E-state index in [1.54, 1.807) is 24.3 Å². The van der Waals surface area contributed by atoms with Crippen molar-refractivity contribution in [2.24, 2.45) is 0 Å². The first-order valence-corrected chi connectivity index (χ1v) is 11.3. The Kier molecular flexibility index (Phi) is 8.22. The molecule has 7 heteroatoms. The minimum Gasteiger partial charge on any atom is -0.493 e. The highest BCUT2D eigenvalue weighted by Gasteiger charge is 2.21. The van der Waals surface area contributed by atoms with Crippen LogP contribution in [0.2, 0.25) is 0 Å². The van der Waals surface area contributed by atoms with E-state index in [4.69, 9.17) is 4.74 Å². The number of nitrogens with one attached hydrogen (secondary N) is 1. The molecule has 6 nitrogen and oxygen atoms in total. The van der Waals surface area contributed by atoms with Gasteiger partial charge in [-0.15, -0.1) is 0 Å². The maximum Gasteiger partial charge on any atom is 0.243 e. The van der Waals surface area contributed by atoms with E-state index in [0.29, 0.717) is 19.7 Å². The van der Waals surface area contributed by atoms with Crippen LogP contribution in [-0.4, -0.2) is 38.3 Å². The van der Waals surface area contributed by atoms with Gasteiger partial charge in [0.15, 0.2) is 0 Å². The van der Waals surface area contributed by atoms with Crippen molar-refractivity contribution in [3.05, 3.63) is 59.7 Å². The first-order chi connectivity index (χ1) is 13.8. The van der Waals surface area contributed by atoms with Crippen LogP contribution < -0.4 is 10.1 Å². The van der Waals surface area contributed by atoms with E-state index in [0.717, 1.165) is 16.9 Å². The molecule has 0 fully saturated rings. The predicted octanol–water partition coefficient (Wildman–Crippen LogP) is 3.67. The Morgan fingerprint density at radius 2 is 1.62 bits per heavy atom. The van der Waals surface area contributed by atoms with Gasteiger partial charge in [0.2, 0.25) is 15.9 Å². The first kappa shape index (κ1) is 22.9. The summed E-state index contributed by atoms with van der Waals surface area (Å²) in [5, 5.41) is 2.92. The molecule has 1 amide bonds. The molecule has 0 unspecified atom stereocenters. The van der Waals surface area contributed by atoms with Gasteiger partial charge in [0, 0.05) is 13.1 Å². The normalized spacial score (nSPS) is 12.6. The van der Waals surface area contributed by atoms with Crippen LogP contribution in [0.5, 0.6) is 5.75 Å². The summed E-state index contributed by atoms with van der Waals surface area (Å²) < 4.78 is 32.1. The summed E-state index contributed by atoms with van der Waals surface area (Å²) in [6.07, 6.45) is 0.243. The number of carbonyl (C=O) groups excluding carboxylic acids is 1. The van der Waals surface area contributed by atoms with Gasteiger partial charge in [0.05, 0.1) is 24.0 Å². The summed E-state index contributed by atoms with van der Waals surface area (Å²) in [4.78, 5) is 12.4. The number of sulfonamides is 1. The average Bonchev–Trinajstić information content (AvgIpc) is 2.70. The van der Waals surface area contributed by atoms with Gasteiger partial charge >= 0.3 is 0 Å². The molecule has 0 aromatic heterocycles. The number of amides is 1. The number of nitrogens with zero attached hydrogens (tertiary/aromatic N) is 1. The van der Waals surface area contributed by atoms with Gasteiger partial charge in [-0.25, -0.2) is 8.42 Å². The third-order valence-electron chi connectivity index (χ3n) is 4.72. The fourth-order valence-electron chi connectivity index (χ4n) is 2.93. The van der Waals surface area contributed by atoms with Crippen molar-refractivity contribution in [2.45, 2.75) is 45.1 Å². The second kappa shape index (κ2) is 10.4. The van der Waals surface area contributed by atoms with Gasteiger partial charge in [0.1, 0.15) is 5.75 Å². The van der Waals surface area contributed by atoms with E-state index >= 15 is 0 Å². The molecule has 1 atom stereocenters. The fourth-order valence-corrected chi connectivity index (χ4v) is 4.39. The topological polar surface area (TPSA) is 75.7 Å². The lowest BCUT2D eigenvalue weighted by molar-refractivity contribution is -0.122. The molecule has 29 heavy (non-hydrogen) atoms. The lowest BCUT2D eigenvalue weighted by Crippen LogP contribution is -2.30. The Morgan fingerprint density at radius 3 is 2.17 bits per heavy atom. The highest BCUT2D eigenvalue weighted by molar-refractivity contribution is 7.89. The summed E-state index contributed by atoms with van der Waals surface area (Å²) in [5.41, 5.74) is 2.00. The molecule has 0 radical (unpaired) electrons. The molecule has 0 aliphatic carbocycles. The van der Waals surface area contributed by atoms with Crippen LogP contribution in [0.3, 0.4) is 0 Å². The molecule has 0 aliphatic heterocycles. The summed E-state index contributed by atoms with van der Waals surface area (Å²) in [6.45, 7) is 8.65. The zero-order chi connectivity index (χ0) is 21.4. The number of carbonyl (C=O) groups is 1. The van der Waals surface area contributed by atoms with Crippen molar-refractivity contribution in [3.8, 4) is 5.75 Å². The van der Waals surface area contributed by atoms with E-state index in [9.17, 15) is 13.2 Å². The van der Waals surface area contributed by atoms with Crippen molar-refractivity contribution in [1.29, 1.82) is 0 Å². The van der Waals surface area contributed by atoms with E-state index in [1.165, 1.54) is 4.31 Å². The van der Waals surface area contributed by atoms with Gasteiger partial charge in [-0.3, -0.25) is 4.79 Å². The molecule has 2 aromatic rings. The fraction of sp³-hybridized carbons (Fsp3) is 0.409. The molecule has 158 valence electrons. The molecule has 0 spiro atoms. The Labute approximate surface area is 173 Å². The maximum atomic E-state index is 12.5. The van der Waals surface area contributed by atoms with E-state index in [2.05, 4.69) is 5.32 Å². The molecule has 0 saturated carbocycles. The minimum absolute atomic E-state index is 0.121. The lowest BCUT2D eigenvalue weighted by Gasteiger charge is -2.19. The number of hydrogen-bond acceptors (Lipinski definition) is 4. The van der Waals surface area contributed by atoms with Crippen molar-refractivity contribution < 1.29 is 17.9 Å². The molecule has 0 bridgehead atoms. The number of rotatable bonds is 10. The van der Waals surface area contributed by atoms with Crippen LogP contribution in [0, 0.1) is 6.92 Å². The van der Waals surface area contributed by atoms with Crippen LogP contribution in [0.4, 0.5) is 0 Å². The molecule has 2 rings (SSSR count). The smallest absolute Gasteiger partial charge is 0.243 e. The van der Waals surface area contributed by atoms with Crippen molar-refractivity contribution >= 4 is 15.9 Å². The summed E-state index contributed by atoms with van der Waals surface area (Å²) in [6, 6.07) is 14.1. The van der Waals surface area contributed by atoms with Gasteiger partial charge < -0.3 is 10.1 Å². The SMILES string of the molecule is CCN(CC)S(=O)(=O)c1ccc([C@H](C)NC(=O)CCOc2ccc(C)cc2)cc1. The third-order valence-corrected chi connectivity index (χ3v) is 6.78. The van der Waals surface area contributed by atoms with Crippen molar-refractivity contribution in [1.82, 2.24) is 9.62 Å². The molecule has 2 aromatic carbocycles. The van der Waals surface area contributed by atoms with Crippen LogP contribution in [0.1, 0.15) is 44.4 Å². The summed E-state index contributed by atoms with van der Waals surface area (Å²) in [7, 11) is -3.48. The molecule has 1 N–H and O–H groups in total. The predicted molar refractivity (Wildman–Crippen MR) is 114 cm³/mol. The summed E-state index contributed by atoms with van der Waals surface area (Å²) in [5.74, 6) is 0.617. The zero-order valence-electron chi connectivity index (χ0n) is 17.5. The van der Waals surface area contributed by atoms with Crippen LogP contribution in [0.15, 0.2) is 53.4 Å². The Morgan fingerprint density at radius 1 is 1.03 bits per heavy atom. The van der Waals surface area contributed by atoms with E-state index in [-0.39, 0.29) is 23.3 Å². The van der Waals surface area contributed by atoms with E-state index < -0.39 is 10.0 Å². The molecular formula is C22H30N2O4S. The van der Waals surface area contributed by atoms with Crippen LogP contribution in [-0.2, 0) is 14.8 Å². The average molecular weight is 419 g/mol. The second-order valence-electron chi connectivity index (χ2n) is 6.86. The number of aryl methyl sites for hydroxylation is 1. The Hall–Kier alpha value is -2.38. The highest BCUT2D eigenvalue weighted by Crippen LogP contribution is 2.19. The van der Waals surface area contributed by atoms with Gasteiger partial charge in [-0.05, 0) is 43.7 Å². The largest absolute Gasteiger partial charge is 0.493 e. The minimum atomic E-state index is -3.48. The van der Waals surface area contributed by atoms with Crippen molar-refractivity contribution in [3.63, 3.8) is 0 Å². The van der Waals surface area contributed by atoms with Crippen LogP contribution >= 0.6 is 0 Å². The molecule has 0 aliphatic rings. The summed E-state index contributed by atoms with van der Waals surface area (Å²) >= 11 is 0. The highest BCUT2D eigenvalue weighted by atomic mass is 32.2. The third kappa shape index (κ3) is 6.30. The van der Waals surface area contributed by atoms with Crippen molar-refractivity contribution in [2.75, 3.05) is 19.7 Å². The lowest BCUT2D eigenvalue weighted by atomic mass is 10.1. The molecular weight excluding hydrogens is 388 g/mol. The van der Waals surface area contributed by atoms with Crippen LogP contribution in [0.25, 0.3) is 0 Å². The number of hydrogen-bond donors (Lipinski definition) is 1. The first-order valence-electron chi connectivity index (χ1n) is 9.86. The van der Waals surface area contributed by atoms with E-state index in [1.807, 2.05) is 52.0 Å². The molecule has 0 saturated heterocycles. The monoisotopic (exact) mass is 418 g/mol. The van der Waals surface area contributed by atoms with Gasteiger partial charge in [0.25, 0.3) is 0 Å². The Balaban J connectivity index is 1.89. The number of benzene rings is 2. The molecule has 0 heterocycles. The standard InChI is InChI=1S/C22H30N2O4S/c1-5-24(6-2)29(26,27)21-13-9-19(10-14-21)18(4)23-22(25)15-16-28-20-11-7-17(3)8-12-20/h7-14,18H,5-6,15-16H2,1-4H3,(H,23,25)/t18-/m0/s1. The van der Waals surface area contributed by atoms with Gasteiger partial charge in [-0.1, -0.05) is 43.7 Å². The Bertz CT molecular complexity index is 889.